The van der Waals surface area contributed by atoms with Crippen molar-refractivity contribution >= 4 is 35.0 Å². The standard InChI is InChI=1S/C3H7O2PS2/c1-3(4)6(7,8)5-2/h1-2H3,(H,7,8). The van der Waals surface area contributed by atoms with E-state index in [-0.39, 0.29) is 5.52 Å². The highest BCUT2D eigenvalue weighted by Crippen LogP contribution is 2.51. The van der Waals surface area contributed by atoms with Crippen molar-refractivity contribution in [3.8, 4) is 0 Å². The fourth-order valence-electron chi connectivity index (χ4n) is 0.129. The number of carbonyl (C=O) groups is 1. The van der Waals surface area contributed by atoms with E-state index in [9.17, 15) is 4.79 Å². The van der Waals surface area contributed by atoms with Gasteiger partial charge in [0.05, 0.1) is 0 Å². The van der Waals surface area contributed by atoms with Crippen molar-refractivity contribution in [3.05, 3.63) is 0 Å². The lowest BCUT2D eigenvalue weighted by Crippen LogP contribution is -1.87. The maximum absolute atomic E-state index is 10.4. The molecular weight excluding hydrogens is 163 g/mol. The van der Waals surface area contributed by atoms with E-state index in [1.54, 1.807) is 0 Å². The zero-order valence-corrected chi connectivity index (χ0v) is 7.22. The van der Waals surface area contributed by atoms with E-state index >= 15 is 0 Å². The number of hydrogen-bond acceptors (Lipinski definition) is 3. The fraction of sp³-hybridized carbons (Fsp3) is 0.667. The Morgan fingerprint density at radius 1 is 1.88 bits per heavy atom. The van der Waals surface area contributed by atoms with Crippen LogP contribution in [0.25, 0.3) is 0 Å². The van der Waals surface area contributed by atoms with Gasteiger partial charge < -0.3 is 4.52 Å². The van der Waals surface area contributed by atoms with Gasteiger partial charge in [-0.1, -0.05) is 0 Å². The van der Waals surface area contributed by atoms with Crippen LogP contribution in [0.3, 0.4) is 0 Å². The smallest absolute Gasteiger partial charge is 0.196 e. The third kappa shape index (κ3) is 2.27. The predicted molar refractivity (Wildman–Crippen MR) is 41.0 cm³/mol. The second-order valence-corrected chi connectivity index (χ2v) is 7.30. The van der Waals surface area contributed by atoms with Crippen molar-refractivity contribution in [2.75, 3.05) is 7.11 Å². The molecule has 1 atom stereocenters. The molecule has 0 amide bonds. The first-order valence-corrected chi connectivity index (χ1v) is 5.77. The van der Waals surface area contributed by atoms with Crippen LogP contribution >= 0.6 is 17.7 Å². The lowest BCUT2D eigenvalue weighted by molar-refractivity contribution is -0.110. The summed E-state index contributed by atoms with van der Waals surface area (Å²) in [6.45, 7) is 1.39. The number of carbonyl (C=O) groups excluding carboxylic acids is 1. The molecule has 1 unspecified atom stereocenters. The van der Waals surface area contributed by atoms with Crippen LogP contribution in [0.2, 0.25) is 0 Å². The van der Waals surface area contributed by atoms with Crippen LogP contribution in [0.5, 0.6) is 0 Å². The van der Waals surface area contributed by atoms with Crippen molar-refractivity contribution in [2.45, 2.75) is 6.92 Å². The first-order valence-electron chi connectivity index (χ1n) is 1.90. The summed E-state index contributed by atoms with van der Waals surface area (Å²) in [5, 5.41) is 0. The second-order valence-electron chi connectivity index (χ2n) is 1.22. The zero-order chi connectivity index (χ0) is 6.78. The van der Waals surface area contributed by atoms with Crippen LogP contribution in [0.4, 0.5) is 0 Å². The number of hydrogen-bond donors (Lipinski definition) is 1. The molecule has 0 fully saturated rings. The van der Waals surface area contributed by atoms with Crippen molar-refractivity contribution in [2.24, 2.45) is 0 Å². The highest BCUT2D eigenvalue weighted by Gasteiger charge is 2.14. The highest BCUT2D eigenvalue weighted by atomic mass is 32.9. The first-order chi connectivity index (χ1) is 3.50. The molecule has 0 aliphatic carbocycles. The quantitative estimate of drug-likeness (QED) is 0.501. The Hall–Kier alpha value is 0.630. The Kier molecular flexibility index (Phi) is 3.20. The van der Waals surface area contributed by atoms with Gasteiger partial charge in [-0.2, -0.15) is 0 Å². The Balaban J connectivity index is 4.15. The Bertz CT molecular complexity index is 144. The molecule has 0 N–H and O–H groups in total. The van der Waals surface area contributed by atoms with Gasteiger partial charge in [0, 0.05) is 14.0 Å². The van der Waals surface area contributed by atoms with Crippen LogP contribution in [0.1, 0.15) is 6.92 Å². The molecule has 0 radical (unpaired) electrons. The molecule has 2 nitrogen and oxygen atoms in total. The molecule has 5 heteroatoms. The maximum Gasteiger partial charge on any atom is 0.196 e. The molecule has 0 heterocycles. The molecule has 8 heavy (non-hydrogen) atoms. The van der Waals surface area contributed by atoms with E-state index < -0.39 is 5.47 Å². The van der Waals surface area contributed by atoms with Gasteiger partial charge in [0.1, 0.15) is 0 Å². The maximum atomic E-state index is 10.4. The van der Waals surface area contributed by atoms with Crippen LogP contribution in [0.15, 0.2) is 0 Å². The van der Waals surface area contributed by atoms with Crippen LogP contribution in [-0.2, 0) is 21.1 Å². The molecule has 0 bridgehead atoms. The summed E-state index contributed by atoms with van der Waals surface area (Å²) in [5.41, 5.74) is -2.51. The minimum absolute atomic E-state index is 0.154. The lowest BCUT2D eigenvalue weighted by atomic mass is 10.9. The molecule has 0 aromatic rings. The first kappa shape index (κ1) is 8.63. The molecule has 0 saturated heterocycles. The highest BCUT2D eigenvalue weighted by molar-refractivity contribution is 8.66. The molecule has 0 aromatic carbocycles. The molecule has 0 aliphatic heterocycles. The van der Waals surface area contributed by atoms with Crippen LogP contribution in [-0.4, -0.2) is 12.6 Å². The summed E-state index contributed by atoms with van der Waals surface area (Å²) in [6.07, 6.45) is 0. The number of rotatable bonds is 2. The summed E-state index contributed by atoms with van der Waals surface area (Å²) < 4.78 is 4.64. The van der Waals surface area contributed by atoms with Gasteiger partial charge in [0.15, 0.2) is 11.0 Å². The van der Waals surface area contributed by atoms with E-state index in [2.05, 4.69) is 28.6 Å². The summed E-state index contributed by atoms with van der Waals surface area (Å²) in [4.78, 5) is 10.4. The molecule has 0 aromatic heterocycles. The van der Waals surface area contributed by atoms with Gasteiger partial charge in [-0.15, -0.1) is 12.2 Å². The summed E-state index contributed by atoms with van der Waals surface area (Å²) in [5.74, 6) is 0. The normalized spacial score (nSPS) is 17.4. The van der Waals surface area contributed by atoms with E-state index in [1.165, 1.54) is 14.0 Å². The van der Waals surface area contributed by atoms with Gasteiger partial charge in [-0.05, 0) is 11.8 Å². The summed E-state index contributed by atoms with van der Waals surface area (Å²) in [7, 11) is 1.40. The number of thiol groups is 1. The van der Waals surface area contributed by atoms with Crippen molar-refractivity contribution in [3.63, 3.8) is 0 Å². The predicted octanol–water partition coefficient (Wildman–Crippen LogP) is 1.42. The largest absolute Gasteiger partial charge is 0.340 e. The van der Waals surface area contributed by atoms with Crippen molar-refractivity contribution in [1.82, 2.24) is 0 Å². The van der Waals surface area contributed by atoms with E-state index in [4.69, 9.17) is 0 Å². The van der Waals surface area contributed by atoms with Gasteiger partial charge >= 0.3 is 0 Å². The summed E-state index contributed by atoms with van der Waals surface area (Å²) in [6, 6.07) is 0. The summed E-state index contributed by atoms with van der Waals surface area (Å²) >= 11 is 8.51. The van der Waals surface area contributed by atoms with E-state index in [1.807, 2.05) is 0 Å². The van der Waals surface area contributed by atoms with E-state index in [0.29, 0.717) is 0 Å². The Morgan fingerprint density at radius 2 is 2.25 bits per heavy atom. The van der Waals surface area contributed by atoms with Crippen molar-refractivity contribution in [1.29, 1.82) is 0 Å². The van der Waals surface area contributed by atoms with Gasteiger partial charge in [-0.3, -0.25) is 4.79 Å². The topological polar surface area (TPSA) is 26.3 Å². The molecule has 0 saturated carbocycles. The minimum atomic E-state index is -2.36. The molecule has 0 spiro atoms. The molecular formula is C3H7O2PS2. The molecule has 48 valence electrons. The van der Waals surface area contributed by atoms with Crippen molar-refractivity contribution < 1.29 is 9.32 Å². The van der Waals surface area contributed by atoms with Crippen LogP contribution < -0.4 is 0 Å². The third-order valence-electron chi connectivity index (χ3n) is 0.645. The SMILES string of the molecule is COP(=S)(S)C(C)=O. The molecule has 0 rings (SSSR count). The molecule has 0 aliphatic rings. The average Bonchev–Trinajstić information content (AvgIpc) is 1.67. The fourth-order valence-corrected chi connectivity index (χ4v) is 0.386. The Labute approximate surface area is 58.9 Å². The van der Waals surface area contributed by atoms with E-state index in [0.717, 1.165) is 0 Å². The third-order valence-corrected chi connectivity index (χ3v) is 4.49. The zero-order valence-electron chi connectivity index (χ0n) is 4.62. The average molecular weight is 170 g/mol. The minimum Gasteiger partial charge on any atom is -0.340 e. The van der Waals surface area contributed by atoms with Gasteiger partial charge in [-0.25, -0.2) is 0 Å². The van der Waals surface area contributed by atoms with Crippen LogP contribution in [0, 0.1) is 0 Å². The van der Waals surface area contributed by atoms with Gasteiger partial charge in [0.25, 0.3) is 0 Å². The second kappa shape index (κ2) is 2.97. The van der Waals surface area contributed by atoms with Gasteiger partial charge in [0.2, 0.25) is 0 Å². The lowest BCUT2D eigenvalue weighted by Gasteiger charge is -2.06. The Morgan fingerprint density at radius 3 is 2.25 bits per heavy atom. The monoisotopic (exact) mass is 170 g/mol.